The van der Waals surface area contributed by atoms with Crippen LogP contribution in [-0.2, 0) is 9.59 Å². The molecule has 0 aliphatic carbocycles. The van der Waals surface area contributed by atoms with Crippen LogP contribution in [0.1, 0.15) is 5.56 Å². The first-order valence-corrected chi connectivity index (χ1v) is 8.99. The SMILES string of the molecule is Cc1ccc(N2C(=O)[C@@H](C=Nc3ccc(I)cc3)C(=O)NC2=S)cc1. The van der Waals surface area contributed by atoms with Gasteiger partial charge in [0.1, 0.15) is 0 Å². The number of amides is 2. The van der Waals surface area contributed by atoms with Crippen LogP contribution >= 0.6 is 34.8 Å². The Morgan fingerprint density at radius 2 is 1.76 bits per heavy atom. The number of aryl methyl sites for hydroxylation is 1. The number of carbonyl (C=O) groups is 2. The van der Waals surface area contributed by atoms with Crippen LogP contribution in [0.25, 0.3) is 0 Å². The second-order valence-electron chi connectivity index (χ2n) is 5.54. The molecule has 25 heavy (non-hydrogen) atoms. The highest BCUT2D eigenvalue weighted by molar-refractivity contribution is 14.1. The third kappa shape index (κ3) is 3.93. The van der Waals surface area contributed by atoms with Crippen molar-refractivity contribution < 1.29 is 9.59 Å². The minimum absolute atomic E-state index is 0.0813. The summed E-state index contributed by atoms with van der Waals surface area (Å²) < 4.78 is 1.08. The molecule has 1 atom stereocenters. The molecule has 1 fully saturated rings. The van der Waals surface area contributed by atoms with Gasteiger partial charge in [0.05, 0.1) is 11.4 Å². The molecule has 7 heteroatoms. The molecular formula is C18H14IN3O2S. The highest BCUT2D eigenvalue weighted by Crippen LogP contribution is 2.21. The van der Waals surface area contributed by atoms with Gasteiger partial charge in [-0.25, -0.2) is 0 Å². The molecule has 126 valence electrons. The summed E-state index contributed by atoms with van der Waals surface area (Å²) in [5, 5.41) is 2.65. The second kappa shape index (κ2) is 7.40. The van der Waals surface area contributed by atoms with E-state index in [2.05, 4.69) is 32.9 Å². The number of aliphatic imine (C=N–C) groups is 1. The van der Waals surface area contributed by atoms with Crippen LogP contribution in [0.5, 0.6) is 0 Å². The first-order valence-electron chi connectivity index (χ1n) is 7.51. The molecule has 5 nitrogen and oxygen atoms in total. The van der Waals surface area contributed by atoms with Crippen molar-refractivity contribution in [2.24, 2.45) is 10.9 Å². The molecule has 2 aromatic carbocycles. The van der Waals surface area contributed by atoms with Crippen molar-refractivity contribution in [2.45, 2.75) is 6.92 Å². The van der Waals surface area contributed by atoms with Crippen molar-refractivity contribution in [2.75, 3.05) is 4.90 Å². The fraction of sp³-hybridized carbons (Fsp3) is 0.111. The number of carbonyl (C=O) groups excluding carboxylic acids is 2. The minimum atomic E-state index is -1.02. The number of nitrogens with one attached hydrogen (secondary N) is 1. The largest absolute Gasteiger partial charge is 0.301 e. The van der Waals surface area contributed by atoms with Gasteiger partial charge in [0.25, 0.3) is 5.91 Å². The summed E-state index contributed by atoms with van der Waals surface area (Å²) in [7, 11) is 0. The zero-order chi connectivity index (χ0) is 18.0. The fourth-order valence-corrected chi connectivity index (χ4v) is 3.00. The third-order valence-electron chi connectivity index (χ3n) is 3.69. The average Bonchev–Trinajstić information content (AvgIpc) is 2.57. The van der Waals surface area contributed by atoms with E-state index in [9.17, 15) is 9.59 Å². The number of rotatable bonds is 3. The Balaban J connectivity index is 1.87. The maximum absolute atomic E-state index is 12.8. The summed E-state index contributed by atoms with van der Waals surface area (Å²) in [6.45, 7) is 1.96. The van der Waals surface area contributed by atoms with Gasteiger partial charge in [0.15, 0.2) is 11.0 Å². The summed E-state index contributed by atoms with van der Waals surface area (Å²) >= 11 is 7.37. The van der Waals surface area contributed by atoms with Gasteiger partial charge in [-0.15, -0.1) is 0 Å². The van der Waals surface area contributed by atoms with Gasteiger partial charge in [-0.1, -0.05) is 17.7 Å². The van der Waals surface area contributed by atoms with Gasteiger partial charge in [0, 0.05) is 9.78 Å². The number of hydrogen-bond acceptors (Lipinski definition) is 4. The molecule has 0 unspecified atom stereocenters. The molecule has 1 N–H and O–H groups in total. The summed E-state index contributed by atoms with van der Waals surface area (Å²) in [6, 6.07) is 14.8. The van der Waals surface area contributed by atoms with Crippen LogP contribution in [0, 0.1) is 16.4 Å². The number of anilines is 1. The Hall–Kier alpha value is -2.13. The number of nitrogens with zero attached hydrogens (tertiary/aromatic N) is 2. The molecule has 3 rings (SSSR count). The quantitative estimate of drug-likeness (QED) is 0.329. The molecule has 1 aliphatic heterocycles. The van der Waals surface area contributed by atoms with Gasteiger partial charge < -0.3 is 5.32 Å². The predicted molar refractivity (Wildman–Crippen MR) is 110 cm³/mol. The fourth-order valence-electron chi connectivity index (χ4n) is 2.35. The normalized spacial score (nSPS) is 17.9. The van der Waals surface area contributed by atoms with Crippen LogP contribution in [-0.4, -0.2) is 23.1 Å². The van der Waals surface area contributed by atoms with Crippen molar-refractivity contribution >= 4 is 69.3 Å². The average molecular weight is 463 g/mol. The maximum Gasteiger partial charge on any atom is 0.251 e. The van der Waals surface area contributed by atoms with E-state index >= 15 is 0 Å². The lowest BCUT2D eigenvalue weighted by Gasteiger charge is -2.30. The van der Waals surface area contributed by atoms with Gasteiger partial charge in [0.2, 0.25) is 5.91 Å². The molecule has 1 aliphatic rings. The highest BCUT2D eigenvalue weighted by Gasteiger charge is 2.38. The van der Waals surface area contributed by atoms with Crippen molar-refractivity contribution in [1.29, 1.82) is 0 Å². The molecule has 0 radical (unpaired) electrons. The standard InChI is InChI=1S/C18H14IN3O2S/c1-11-2-8-14(9-3-11)22-17(24)15(16(23)21-18(22)25)10-20-13-6-4-12(19)5-7-13/h2-10,15H,1H3,(H,21,23,25)/t15-/m0/s1. The summed E-state index contributed by atoms with van der Waals surface area (Å²) in [4.78, 5) is 30.6. The number of benzene rings is 2. The van der Waals surface area contributed by atoms with E-state index in [4.69, 9.17) is 12.2 Å². The molecule has 0 aromatic heterocycles. The summed E-state index contributed by atoms with van der Waals surface area (Å²) in [6.07, 6.45) is 1.36. The lowest BCUT2D eigenvalue weighted by atomic mass is 10.1. The second-order valence-corrected chi connectivity index (χ2v) is 7.17. The summed E-state index contributed by atoms with van der Waals surface area (Å²) in [5.41, 5.74) is 2.37. The van der Waals surface area contributed by atoms with E-state index in [-0.39, 0.29) is 5.11 Å². The zero-order valence-electron chi connectivity index (χ0n) is 13.3. The van der Waals surface area contributed by atoms with Crippen molar-refractivity contribution in [1.82, 2.24) is 5.32 Å². The minimum Gasteiger partial charge on any atom is -0.301 e. The molecule has 2 amide bonds. The van der Waals surface area contributed by atoms with Crippen LogP contribution in [0.2, 0.25) is 0 Å². The number of hydrogen-bond donors (Lipinski definition) is 1. The van der Waals surface area contributed by atoms with Gasteiger partial charge in [-0.2, -0.15) is 0 Å². The first kappa shape index (κ1) is 17.7. The molecule has 0 spiro atoms. The van der Waals surface area contributed by atoms with Gasteiger partial charge in [-0.05, 0) is 78.1 Å². The smallest absolute Gasteiger partial charge is 0.251 e. The Kier molecular flexibility index (Phi) is 5.24. The van der Waals surface area contributed by atoms with Crippen molar-refractivity contribution in [3.8, 4) is 0 Å². The molecule has 1 heterocycles. The van der Waals surface area contributed by atoms with E-state index < -0.39 is 17.7 Å². The Labute approximate surface area is 164 Å². The highest BCUT2D eigenvalue weighted by atomic mass is 127. The number of halogens is 1. The van der Waals surface area contributed by atoms with Crippen LogP contribution in [0.15, 0.2) is 53.5 Å². The van der Waals surface area contributed by atoms with Crippen LogP contribution < -0.4 is 10.2 Å². The Morgan fingerprint density at radius 1 is 1.12 bits per heavy atom. The van der Waals surface area contributed by atoms with E-state index in [1.54, 1.807) is 12.1 Å². The van der Waals surface area contributed by atoms with Crippen molar-refractivity contribution in [3.63, 3.8) is 0 Å². The topological polar surface area (TPSA) is 61.8 Å². The Morgan fingerprint density at radius 3 is 2.40 bits per heavy atom. The molecule has 2 aromatic rings. The molecule has 0 bridgehead atoms. The van der Waals surface area contributed by atoms with E-state index in [1.165, 1.54) is 11.1 Å². The number of thiocarbonyl (C=S) groups is 1. The molecule has 0 saturated carbocycles. The van der Waals surface area contributed by atoms with E-state index in [1.807, 2.05) is 43.3 Å². The zero-order valence-corrected chi connectivity index (χ0v) is 16.2. The third-order valence-corrected chi connectivity index (χ3v) is 4.70. The van der Waals surface area contributed by atoms with Crippen LogP contribution in [0.3, 0.4) is 0 Å². The lowest BCUT2D eigenvalue weighted by Crippen LogP contribution is -2.58. The first-order chi connectivity index (χ1) is 12.0. The van der Waals surface area contributed by atoms with E-state index in [0.29, 0.717) is 11.4 Å². The van der Waals surface area contributed by atoms with Crippen LogP contribution in [0.4, 0.5) is 11.4 Å². The molecule has 1 saturated heterocycles. The van der Waals surface area contributed by atoms with Crippen molar-refractivity contribution in [3.05, 3.63) is 57.7 Å². The Bertz CT molecular complexity index is 863. The predicted octanol–water partition coefficient (Wildman–Crippen LogP) is 3.37. The van der Waals surface area contributed by atoms with E-state index in [0.717, 1.165) is 9.13 Å². The maximum atomic E-state index is 12.8. The lowest BCUT2D eigenvalue weighted by molar-refractivity contribution is -0.130. The monoisotopic (exact) mass is 463 g/mol. The van der Waals surface area contributed by atoms with Gasteiger partial charge in [-0.3, -0.25) is 19.5 Å². The van der Waals surface area contributed by atoms with Gasteiger partial charge >= 0.3 is 0 Å². The summed E-state index contributed by atoms with van der Waals surface area (Å²) in [5.74, 6) is -1.90. The molecular weight excluding hydrogens is 449 g/mol.